The first-order valence-corrected chi connectivity index (χ1v) is 6.70. The summed E-state index contributed by atoms with van der Waals surface area (Å²) in [5.41, 5.74) is 2.83. The number of rotatable bonds is 4. The van der Waals surface area contributed by atoms with E-state index in [4.69, 9.17) is 4.74 Å². The molecule has 0 atom stereocenters. The van der Waals surface area contributed by atoms with Gasteiger partial charge in [-0.05, 0) is 37.6 Å². The highest BCUT2D eigenvalue weighted by Gasteiger charge is 2.08. The van der Waals surface area contributed by atoms with Gasteiger partial charge in [0.15, 0.2) is 0 Å². The lowest BCUT2D eigenvalue weighted by Gasteiger charge is -2.15. The first-order chi connectivity index (χ1) is 9.56. The number of anilines is 1. The molecule has 1 amide bonds. The van der Waals surface area contributed by atoms with Crippen molar-refractivity contribution in [3.05, 3.63) is 48.5 Å². The lowest BCUT2D eigenvalue weighted by Crippen LogP contribution is -2.07. The smallest absolute Gasteiger partial charge is 0.221 e. The minimum atomic E-state index is -0.0751. The summed E-state index contributed by atoms with van der Waals surface area (Å²) in [6.45, 7) is 5.51. The Hall–Kier alpha value is -2.29. The van der Waals surface area contributed by atoms with Crippen molar-refractivity contribution in [2.45, 2.75) is 26.9 Å². The van der Waals surface area contributed by atoms with E-state index < -0.39 is 0 Å². The summed E-state index contributed by atoms with van der Waals surface area (Å²) < 4.78 is 5.83. The van der Waals surface area contributed by atoms with Crippen LogP contribution in [0.1, 0.15) is 20.8 Å². The molecule has 2 aromatic rings. The van der Waals surface area contributed by atoms with Crippen LogP contribution in [0.25, 0.3) is 11.1 Å². The largest absolute Gasteiger partial charge is 0.490 e. The maximum atomic E-state index is 11.1. The van der Waals surface area contributed by atoms with Crippen LogP contribution in [0.4, 0.5) is 5.69 Å². The second-order valence-electron chi connectivity index (χ2n) is 4.92. The minimum absolute atomic E-state index is 0.0751. The van der Waals surface area contributed by atoms with Crippen LogP contribution in [-0.4, -0.2) is 12.0 Å². The van der Waals surface area contributed by atoms with Crippen LogP contribution in [0.3, 0.4) is 0 Å². The number of hydrogen-bond donors (Lipinski definition) is 1. The van der Waals surface area contributed by atoms with Crippen molar-refractivity contribution >= 4 is 11.6 Å². The molecular weight excluding hydrogens is 250 g/mol. The fraction of sp³-hybridized carbons (Fsp3) is 0.235. The lowest BCUT2D eigenvalue weighted by molar-refractivity contribution is -0.114. The van der Waals surface area contributed by atoms with Crippen LogP contribution in [0.2, 0.25) is 0 Å². The predicted octanol–water partition coefficient (Wildman–Crippen LogP) is 4.10. The zero-order valence-electron chi connectivity index (χ0n) is 12.0. The number of nitrogens with one attached hydrogen (secondary N) is 1. The number of hydrogen-bond acceptors (Lipinski definition) is 2. The molecule has 0 unspecified atom stereocenters. The third kappa shape index (κ3) is 3.60. The molecule has 2 aromatic carbocycles. The van der Waals surface area contributed by atoms with Crippen LogP contribution >= 0.6 is 0 Å². The van der Waals surface area contributed by atoms with E-state index in [0.717, 1.165) is 22.6 Å². The number of para-hydroxylation sites is 1. The number of amides is 1. The Labute approximate surface area is 119 Å². The maximum Gasteiger partial charge on any atom is 0.221 e. The Morgan fingerprint density at radius 2 is 1.85 bits per heavy atom. The first kappa shape index (κ1) is 14.1. The van der Waals surface area contributed by atoms with Crippen LogP contribution in [0.15, 0.2) is 48.5 Å². The zero-order chi connectivity index (χ0) is 14.5. The van der Waals surface area contributed by atoms with E-state index >= 15 is 0 Å². The number of benzene rings is 2. The van der Waals surface area contributed by atoms with E-state index in [1.807, 2.05) is 62.4 Å². The quantitative estimate of drug-likeness (QED) is 0.907. The normalized spacial score (nSPS) is 10.4. The Balaban J connectivity index is 2.38. The van der Waals surface area contributed by atoms with Crippen molar-refractivity contribution in [2.24, 2.45) is 0 Å². The van der Waals surface area contributed by atoms with Gasteiger partial charge in [0.05, 0.1) is 6.10 Å². The molecule has 20 heavy (non-hydrogen) atoms. The molecule has 0 spiro atoms. The minimum Gasteiger partial charge on any atom is -0.490 e. The van der Waals surface area contributed by atoms with Gasteiger partial charge in [-0.15, -0.1) is 0 Å². The lowest BCUT2D eigenvalue weighted by atomic mass is 10.0. The number of carbonyl (C=O) groups is 1. The molecule has 104 valence electrons. The monoisotopic (exact) mass is 269 g/mol. The molecule has 1 N–H and O–H groups in total. The molecule has 0 aliphatic heterocycles. The van der Waals surface area contributed by atoms with Crippen LogP contribution in [-0.2, 0) is 4.79 Å². The first-order valence-electron chi connectivity index (χ1n) is 6.70. The molecule has 0 bridgehead atoms. The summed E-state index contributed by atoms with van der Waals surface area (Å²) in [7, 11) is 0. The van der Waals surface area contributed by atoms with Crippen molar-refractivity contribution < 1.29 is 9.53 Å². The maximum absolute atomic E-state index is 11.1. The highest BCUT2D eigenvalue weighted by atomic mass is 16.5. The van der Waals surface area contributed by atoms with Gasteiger partial charge >= 0.3 is 0 Å². The van der Waals surface area contributed by atoms with E-state index in [1.54, 1.807) is 0 Å². The predicted molar refractivity (Wildman–Crippen MR) is 81.9 cm³/mol. The average Bonchev–Trinajstić information content (AvgIpc) is 2.38. The van der Waals surface area contributed by atoms with E-state index in [0.29, 0.717) is 0 Å². The molecule has 0 aromatic heterocycles. The van der Waals surface area contributed by atoms with Gasteiger partial charge in [-0.3, -0.25) is 4.79 Å². The molecule has 3 nitrogen and oxygen atoms in total. The van der Waals surface area contributed by atoms with Crippen LogP contribution < -0.4 is 10.1 Å². The molecule has 0 aliphatic rings. The van der Waals surface area contributed by atoms with Gasteiger partial charge in [0.2, 0.25) is 5.91 Å². The molecule has 0 saturated heterocycles. The molecular formula is C17H19NO2. The standard InChI is InChI=1S/C17H19NO2/c1-12(2)20-17-10-5-4-9-16(17)14-7-6-8-15(11-14)18-13(3)19/h4-12H,1-3H3,(H,18,19). The van der Waals surface area contributed by atoms with Crippen molar-refractivity contribution in [1.29, 1.82) is 0 Å². The Morgan fingerprint density at radius 1 is 1.10 bits per heavy atom. The van der Waals surface area contributed by atoms with E-state index in [2.05, 4.69) is 5.32 Å². The number of ether oxygens (including phenoxy) is 1. The van der Waals surface area contributed by atoms with Gasteiger partial charge in [0, 0.05) is 18.2 Å². The number of carbonyl (C=O) groups excluding carboxylic acids is 1. The van der Waals surface area contributed by atoms with Crippen molar-refractivity contribution in [2.75, 3.05) is 5.32 Å². The van der Waals surface area contributed by atoms with Crippen LogP contribution in [0.5, 0.6) is 5.75 Å². The Morgan fingerprint density at radius 3 is 2.55 bits per heavy atom. The molecule has 2 rings (SSSR count). The summed E-state index contributed by atoms with van der Waals surface area (Å²) in [4.78, 5) is 11.1. The highest BCUT2D eigenvalue weighted by molar-refractivity contribution is 5.89. The summed E-state index contributed by atoms with van der Waals surface area (Å²) >= 11 is 0. The Bertz CT molecular complexity index is 605. The molecule has 0 radical (unpaired) electrons. The van der Waals surface area contributed by atoms with E-state index in [1.165, 1.54) is 6.92 Å². The van der Waals surface area contributed by atoms with Crippen molar-refractivity contribution in [1.82, 2.24) is 0 Å². The summed E-state index contributed by atoms with van der Waals surface area (Å²) in [5.74, 6) is 0.774. The van der Waals surface area contributed by atoms with Gasteiger partial charge in [-0.1, -0.05) is 30.3 Å². The third-order valence-electron chi connectivity index (χ3n) is 2.74. The van der Waals surface area contributed by atoms with Gasteiger partial charge in [-0.25, -0.2) is 0 Å². The average molecular weight is 269 g/mol. The fourth-order valence-corrected chi connectivity index (χ4v) is 2.03. The Kier molecular flexibility index (Phi) is 4.41. The van der Waals surface area contributed by atoms with Gasteiger partial charge in [-0.2, -0.15) is 0 Å². The van der Waals surface area contributed by atoms with Gasteiger partial charge in [0.1, 0.15) is 5.75 Å². The summed E-state index contributed by atoms with van der Waals surface area (Å²) in [6, 6.07) is 15.7. The van der Waals surface area contributed by atoms with Crippen molar-refractivity contribution in [3.8, 4) is 16.9 Å². The van der Waals surface area contributed by atoms with Gasteiger partial charge < -0.3 is 10.1 Å². The third-order valence-corrected chi connectivity index (χ3v) is 2.74. The van der Waals surface area contributed by atoms with E-state index in [9.17, 15) is 4.79 Å². The SMILES string of the molecule is CC(=O)Nc1cccc(-c2ccccc2OC(C)C)c1. The van der Waals surface area contributed by atoms with E-state index in [-0.39, 0.29) is 12.0 Å². The molecule has 0 heterocycles. The molecule has 0 fully saturated rings. The fourth-order valence-electron chi connectivity index (χ4n) is 2.03. The van der Waals surface area contributed by atoms with Crippen molar-refractivity contribution in [3.63, 3.8) is 0 Å². The van der Waals surface area contributed by atoms with Gasteiger partial charge in [0.25, 0.3) is 0 Å². The highest BCUT2D eigenvalue weighted by Crippen LogP contribution is 2.31. The van der Waals surface area contributed by atoms with Crippen LogP contribution in [0, 0.1) is 0 Å². The molecule has 3 heteroatoms. The molecule has 0 aliphatic carbocycles. The zero-order valence-corrected chi connectivity index (χ0v) is 12.0. The second-order valence-corrected chi connectivity index (χ2v) is 4.92. The summed E-state index contributed by atoms with van der Waals surface area (Å²) in [5, 5.41) is 2.80. The second kappa shape index (κ2) is 6.24. The topological polar surface area (TPSA) is 38.3 Å². The molecule has 0 saturated carbocycles. The summed E-state index contributed by atoms with van der Waals surface area (Å²) in [6.07, 6.45) is 0.120.